The van der Waals surface area contributed by atoms with Gasteiger partial charge in [0.2, 0.25) is 17.6 Å². The number of rotatable bonds is 13. The minimum absolute atomic E-state index is 0.0544. The van der Waals surface area contributed by atoms with Gasteiger partial charge in [-0.1, -0.05) is 27.2 Å². The van der Waals surface area contributed by atoms with Gasteiger partial charge in [-0.05, 0) is 74.8 Å². The van der Waals surface area contributed by atoms with E-state index in [0.717, 1.165) is 38.5 Å². The molecule has 46 heavy (non-hydrogen) atoms. The number of hydrogen-bond donors (Lipinski definition) is 4. The van der Waals surface area contributed by atoms with E-state index in [1.165, 1.54) is 29.4 Å². The highest BCUT2D eigenvalue weighted by atomic mass is 16.2. The lowest BCUT2D eigenvalue weighted by atomic mass is 9.55. The molecule has 2 aliphatic carbocycles. The number of Topliss-reactive ketones (excluding diaryl/α,β-unsaturated/α-hetero) is 1. The number of ketones is 1. The van der Waals surface area contributed by atoms with Gasteiger partial charge in [0.25, 0.3) is 17.4 Å². The molecular formula is C33H47N7O6. The fourth-order valence-electron chi connectivity index (χ4n) is 7.49. The van der Waals surface area contributed by atoms with Crippen molar-refractivity contribution in [2.24, 2.45) is 24.3 Å². The summed E-state index contributed by atoms with van der Waals surface area (Å²) in [6.45, 7) is 8.47. The number of carbonyl (C=O) groups excluding carboxylic acids is 5. The SMILES string of the molecule is CCNC(=O)C(=O)CC[C@H](NC(=O)c1cn(C)cn1)C(=O)Nc1cccn(CC(=O)NC23CC(C)CC(CC(C)(CC)C2)C3)c1=O. The Hall–Kier alpha value is -4.29. The molecule has 4 unspecified atom stereocenters. The number of fused-ring (bicyclic) bond motifs is 2. The quantitative estimate of drug-likeness (QED) is 0.244. The van der Waals surface area contributed by atoms with Crippen molar-refractivity contribution in [3.63, 3.8) is 0 Å². The molecule has 2 aromatic heterocycles. The van der Waals surface area contributed by atoms with Crippen LogP contribution in [0.25, 0.3) is 0 Å². The van der Waals surface area contributed by atoms with E-state index in [-0.39, 0.29) is 54.2 Å². The Kier molecular flexibility index (Phi) is 10.8. The Balaban J connectivity index is 1.47. The minimum atomic E-state index is -1.26. The zero-order valence-corrected chi connectivity index (χ0v) is 27.5. The summed E-state index contributed by atoms with van der Waals surface area (Å²) in [5.74, 6) is -2.13. The molecule has 13 nitrogen and oxygen atoms in total. The molecule has 2 heterocycles. The molecule has 4 amide bonds. The number of hydrogen-bond acceptors (Lipinski definition) is 7. The van der Waals surface area contributed by atoms with Crippen LogP contribution in [-0.4, -0.2) is 61.7 Å². The zero-order valence-electron chi connectivity index (χ0n) is 27.5. The van der Waals surface area contributed by atoms with Crippen LogP contribution in [0.5, 0.6) is 0 Å². The smallest absolute Gasteiger partial charge is 0.287 e. The highest BCUT2D eigenvalue weighted by Crippen LogP contribution is 2.53. The third-order valence-electron chi connectivity index (χ3n) is 9.36. The minimum Gasteiger partial charge on any atom is -0.350 e. The van der Waals surface area contributed by atoms with Gasteiger partial charge in [-0.15, -0.1) is 0 Å². The standard InChI is InChI=1S/C33H47N7O6/c1-6-32(4)15-22-13-21(3)14-33(16-22,19-32)38-27(42)18-40-12-8-9-24(31(40)46)37-28(43)23(10-11-26(41)30(45)34-7-2)36-29(44)25-17-39(5)20-35-25/h8-9,12,17,20-23H,6-7,10-11,13-16,18-19H2,1-5H3,(H,34,45)(H,36,44)(H,37,43)(H,38,42)/t21?,22?,23-,32?,33?/m0/s1. The monoisotopic (exact) mass is 637 g/mol. The summed E-state index contributed by atoms with van der Waals surface area (Å²) in [5, 5.41) is 10.8. The Labute approximate surface area is 269 Å². The summed E-state index contributed by atoms with van der Waals surface area (Å²) in [5.41, 5.74) is -0.771. The number of imidazole rings is 1. The Morgan fingerprint density at radius 2 is 1.89 bits per heavy atom. The predicted molar refractivity (Wildman–Crippen MR) is 172 cm³/mol. The van der Waals surface area contributed by atoms with Gasteiger partial charge in [0.1, 0.15) is 24.0 Å². The first-order chi connectivity index (χ1) is 21.7. The molecule has 13 heteroatoms. The van der Waals surface area contributed by atoms with Crippen LogP contribution in [0.2, 0.25) is 0 Å². The molecule has 0 saturated heterocycles. The number of carbonyl (C=O) groups is 5. The highest BCUT2D eigenvalue weighted by Gasteiger charge is 2.49. The van der Waals surface area contributed by atoms with E-state index in [1.54, 1.807) is 24.6 Å². The number of likely N-dealkylation sites (N-methyl/N-ethyl adjacent to an activating group) is 1. The van der Waals surface area contributed by atoms with Gasteiger partial charge >= 0.3 is 0 Å². The van der Waals surface area contributed by atoms with Crippen molar-refractivity contribution < 1.29 is 24.0 Å². The second-order valence-electron chi connectivity index (χ2n) is 13.6. The summed E-state index contributed by atoms with van der Waals surface area (Å²) in [4.78, 5) is 81.2. The second-order valence-corrected chi connectivity index (χ2v) is 13.6. The van der Waals surface area contributed by atoms with Gasteiger partial charge in [-0.2, -0.15) is 0 Å². The number of aryl methyl sites for hydroxylation is 1. The van der Waals surface area contributed by atoms with Gasteiger partial charge in [-0.25, -0.2) is 4.98 Å². The van der Waals surface area contributed by atoms with E-state index < -0.39 is 35.1 Å². The van der Waals surface area contributed by atoms with Crippen LogP contribution in [0.3, 0.4) is 0 Å². The number of anilines is 1. The van der Waals surface area contributed by atoms with Crippen LogP contribution < -0.4 is 26.8 Å². The second kappa shape index (κ2) is 14.4. The topological polar surface area (TPSA) is 173 Å². The molecule has 2 saturated carbocycles. The van der Waals surface area contributed by atoms with E-state index in [0.29, 0.717) is 11.8 Å². The fourth-order valence-corrected chi connectivity index (χ4v) is 7.49. The maximum Gasteiger partial charge on any atom is 0.287 e. The third kappa shape index (κ3) is 8.49. The molecule has 0 aliphatic heterocycles. The van der Waals surface area contributed by atoms with Gasteiger partial charge in [0.15, 0.2) is 0 Å². The van der Waals surface area contributed by atoms with E-state index >= 15 is 0 Å². The molecule has 4 N–H and O–H groups in total. The summed E-state index contributed by atoms with van der Waals surface area (Å²) in [6.07, 6.45) is 10.00. The summed E-state index contributed by atoms with van der Waals surface area (Å²) in [6, 6.07) is 1.70. The molecular weight excluding hydrogens is 590 g/mol. The fraction of sp³-hybridized carbons (Fsp3) is 0.606. The number of amides is 4. The van der Waals surface area contributed by atoms with E-state index in [2.05, 4.69) is 47.0 Å². The first kappa shape index (κ1) is 34.6. The number of nitrogens with zero attached hydrogens (tertiary/aromatic N) is 3. The summed E-state index contributed by atoms with van der Waals surface area (Å²) < 4.78 is 2.81. The van der Waals surface area contributed by atoms with Crippen LogP contribution in [0.4, 0.5) is 5.69 Å². The van der Waals surface area contributed by atoms with Crippen molar-refractivity contribution in [2.75, 3.05) is 11.9 Å². The van der Waals surface area contributed by atoms with Crippen LogP contribution in [0.1, 0.15) is 89.5 Å². The molecule has 0 spiro atoms. The Bertz CT molecular complexity index is 1530. The predicted octanol–water partition coefficient (Wildman–Crippen LogP) is 2.31. The van der Waals surface area contributed by atoms with Crippen molar-refractivity contribution in [1.29, 1.82) is 0 Å². The van der Waals surface area contributed by atoms with E-state index in [9.17, 15) is 28.8 Å². The maximum atomic E-state index is 13.4. The average Bonchev–Trinajstić information content (AvgIpc) is 3.42. The van der Waals surface area contributed by atoms with Gasteiger partial charge in [0, 0.05) is 37.9 Å². The molecule has 4 rings (SSSR count). The average molecular weight is 638 g/mol. The van der Waals surface area contributed by atoms with Crippen molar-refractivity contribution in [3.05, 3.63) is 46.9 Å². The summed E-state index contributed by atoms with van der Waals surface area (Å²) in [7, 11) is 1.68. The van der Waals surface area contributed by atoms with Crippen molar-refractivity contribution in [3.8, 4) is 0 Å². The zero-order chi connectivity index (χ0) is 33.6. The molecule has 2 bridgehead atoms. The molecule has 2 aromatic rings. The van der Waals surface area contributed by atoms with Crippen molar-refractivity contribution >= 4 is 35.1 Å². The molecule has 2 aliphatic rings. The lowest BCUT2D eigenvalue weighted by Crippen LogP contribution is -2.59. The number of aromatic nitrogens is 3. The lowest BCUT2D eigenvalue weighted by molar-refractivity contribution is -0.138. The van der Waals surface area contributed by atoms with Gasteiger partial charge < -0.3 is 30.4 Å². The first-order valence-electron chi connectivity index (χ1n) is 16.2. The van der Waals surface area contributed by atoms with Crippen LogP contribution in [0, 0.1) is 17.3 Å². The first-order valence-corrected chi connectivity index (χ1v) is 16.2. The molecule has 2 fully saturated rings. The van der Waals surface area contributed by atoms with E-state index in [1.807, 2.05) is 0 Å². The normalized spacial score (nSPS) is 24.4. The van der Waals surface area contributed by atoms with Crippen LogP contribution in [0.15, 0.2) is 35.6 Å². The lowest BCUT2D eigenvalue weighted by Gasteiger charge is -2.54. The molecule has 0 aromatic carbocycles. The van der Waals surface area contributed by atoms with Crippen molar-refractivity contribution in [2.45, 2.75) is 97.2 Å². The largest absolute Gasteiger partial charge is 0.350 e. The molecule has 250 valence electrons. The number of pyridine rings is 1. The third-order valence-corrected chi connectivity index (χ3v) is 9.36. The van der Waals surface area contributed by atoms with Gasteiger partial charge in [0.05, 0.1) is 6.33 Å². The number of nitrogens with one attached hydrogen (secondary N) is 4. The van der Waals surface area contributed by atoms with Crippen molar-refractivity contribution in [1.82, 2.24) is 30.1 Å². The van der Waals surface area contributed by atoms with Gasteiger partial charge in [-0.3, -0.25) is 28.8 Å². The van der Waals surface area contributed by atoms with E-state index in [4.69, 9.17) is 0 Å². The maximum absolute atomic E-state index is 13.4. The molecule has 0 radical (unpaired) electrons. The summed E-state index contributed by atoms with van der Waals surface area (Å²) >= 11 is 0. The Morgan fingerprint density at radius 3 is 2.57 bits per heavy atom. The Morgan fingerprint density at radius 1 is 1.13 bits per heavy atom. The van der Waals surface area contributed by atoms with Crippen LogP contribution >= 0.6 is 0 Å². The van der Waals surface area contributed by atoms with Crippen LogP contribution in [-0.2, 0) is 32.8 Å². The highest BCUT2D eigenvalue weighted by molar-refractivity contribution is 6.36. The molecule has 5 atom stereocenters.